The predicted molar refractivity (Wildman–Crippen MR) is 77.5 cm³/mol. The van der Waals surface area contributed by atoms with Gasteiger partial charge in [0.2, 0.25) is 5.88 Å². The van der Waals surface area contributed by atoms with Crippen molar-refractivity contribution in [3.63, 3.8) is 0 Å². The van der Waals surface area contributed by atoms with Crippen molar-refractivity contribution in [3.8, 4) is 11.6 Å². The molecule has 0 bridgehead atoms. The lowest BCUT2D eigenvalue weighted by atomic mass is 10.1. The molecule has 0 unspecified atom stereocenters. The Labute approximate surface area is 127 Å². The zero-order chi connectivity index (χ0) is 16.3. The van der Waals surface area contributed by atoms with Crippen molar-refractivity contribution in [2.45, 2.75) is 6.92 Å². The maximum Gasteiger partial charge on any atom is 0.343 e. The van der Waals surface area contributed by atoms with Gasteiger partial charge >= 0.3 is 16.1 Å². The Morgan fingerprint density at radius 2 is 2.05 bits per heavy atom. The summed E-state index contributed by atoms with van der Waals surface area (Å²) in [7, 11) is -2.45. The van der Waals surface area contributed by atoms with Gasteiger partial charge in [-0.15, -0.1) is 0 Å². The summed E-state index contributed by atoms with van der Waals surface area (Å²) in [5.74, 6) is -0.704. The molecule has 2 aromatic rings. The number of carbonyl (C=O) groups is 1. The van der Waals surface area contributed by atoms with Crippen LogP contribution >= 0.6 is 0 Å². The van der Waals surface area contributed by atoms with E-state index in [1.807, 2.05) is 0 Å². The fourth-order valence-electron chi connectivity index (χ4n) is 1.82. The van der Waals surface area contributed by atoms with Crippen LogP contribution in [-0.2, 0) is 14.9 Å². The quantitative estimate of drug-likeness (QED) is 0.595. The first kappa shape index (κ1) is 16.0. The predicted octanol–water partition coefficient (Wildman–Crippen LogP) is 1.15. The van der Waals surface area contributed by atoms with Crippen LogP contribution in [0.5, 0.6) is 11.6 Å². The Balaban J connectivity index is 2.75. The summed E-state index contributed by atoms with van der Waals surface area (Å²) < 4.78 is 37.9. The molecule has 0 saturated heterocycles. The monoisotopic (exact) mass is 326 g/mol. The molecule has 0 N–H and O–H groups in total. The van der Waals surface area contributed by atoms with Crippen molar-refractivity contribution in [1.82, 2.24) is 9.97 Å². The first-order chi connectivity index (χ1) is 10.4. The molecule has 0 aliphatic carbocycles. The van der Waals surface area contributed by atoms with E-state index >= 15 is 0 Å². The smallest absolute Gasteiger partial charge is 0.343 e. The largest absolute Gasteiger partial charge is 0.479 e. The standard InChI is InChI=1S/C13H14N2O6S/c1-4-20-13(16)9-7-15-10-8(5-6-14-12(10)19-2)11(9)21-22(3,17)18/h5-7H,4H2,1-3H3. The third-order valence-corrected chi connectivity index (χ3v) is 3.10. The molecule has 2 heterocycles. The van der Waals surface area contributed by atoms with E-state index in [0.717, 1.165) is 6.26 Å². The molecule has 2 aromatic heterocycles. The molecular formula is C13H14N2O6S. The zero-order valence-electron chi connectivity index (χ0n) is 12.2. The van der Waals surface area contributed by atoms with Gasteiger partial charge < -0.3 is 13.7 Å². The lowest BCUT2D eigenvalue weighted by molar-refractivity contribution is 0.0524. The van der Waals surface area contributed by atoms with Gasteiger partial charge in [0.25, 0.3) is 0 Å². The molecule has 0 amide bonds. The third kappa shape index (κ3) is 3.25. The molecule has 0 aliphatic heterocycles. The highest BCUT2D eigenvalue weighted by Crippen LogP contribution is 2.33. The number of pyridine rings is 2. The highest BCUT2D eigenvalue weighted by molar-refractivity contribution is 7.86. The van der Waals surface area contributed by atoms with E-state index in [1.54, 1.807) is 6.92 Å². The first-order valence-corrected chi connectivity index (χ1v) is 8.07. The van der Waals surface area contributed by atoms with Crippen molar-refractivity contribution in [2.75, 3.05) is 20.0 Å². The maximum absolute atomic E-state index is 12.0. The van der Waals surface area contributed by atoms with Crippen LogP contribution in [0, 0.1) is 0 Å². The van der Waals surface area contributed by atoms with Gasteiger partial charge in [-0.2, -0.15) is 8.42 Å². The third-order valence-electron chi connectivity index (χ3n) is 2.63. The van der Waals surface area contributed by atoms with Crippen LogP contribution in [-0.4, -0.2) is 44.3 Å². The van der Waals surface area contributed by atoms with E-state index in [1.165, 1.54) is 25.6 Å². The molecular weight excluding hydrogens is 312 g/mol. The maximum atomic E-state index is 12.0. The summed E-state index contributed by atoms with van der Waals surface area (Å²) in [5, 5.41) is 0.280. The van der Waals surface area contributed by atoms with E-state index in [9.17, 15) is 13.2 Å². The molecule has 0 aromatic carbocycles. The highest BCUT2D eigenvalue weighted by Gasteiger charge is 2.22. The van der Waals surface area contributed by atoms with Crippen molar-refractivity contribution in [1.29, 1.82) is 0 Å². The van der Waals surface area contributed by atoms with Gasteiger partial charge in [0.05, 0.1) is 25.4 Å². The summed E-state index contributed by atoms with van der Waals surface area (Å²) in [5.41, 5.74) is 0.185. The number of rotatable bonds is 5. The number of nitrogens with zero attached hydrogens (tertiary/aromatic N) is 2. The van der Waals surface area contributed by atoms with Gasteiger partial charge in [0.1, 0.15) is 11.1 Å². The normalized spacial score (nSPS) is 11.2. The number of methoxy groups -OCH3 is 1. The average molecular weight is 326 g/mol. The van der Waals surface area contributed by atoms with Gasteiger partial charge in [0, 0.05) is 12.4 Å². The van der Waals surface area contributed by atoms with Crippen LogP contribution in [0.2, 0.25) is 0 Å². The van der Waals surface area contributed by atoms with Gasteiger partial charge in [0.15, 0.2) is 5.75 Å². The van der Waals surface area contributed by atoms with E-state index in [4.69, 9.17) is 13.7 Å². The molecule has 2 rings (SSSR count). The molecule has 0 spiro atoms. The molecule has 118 valence electrons. The fraction of sp³-hybridized carbons (Fsp3) is 0.308. The Bertz CT molecular complexity index is 819. The Kier molecular flexibility index (Phi) is 4.45. The second kappa shape index (κ2) is 6.14. The second-order valence-corrected chi connectivity index (χ2v) is 5.80. The Hall–Kier alpha value is -2.42. The van der Waals surface area contributed by atoms with E-state index in [-0.39, 0.29) is 34.7 Å². The molecule has 0 atom stereocenters. The molecule has 0 aliphatic rings. The molecule has 8 nitrogen and oxygen atoms in total. The van der Waals surface area contributed by atoms with Crippen molar-refractivity contribution in [3.05, 3.63) is 24.0 Å². The molecule has 9 heteroatoms. The lowest BCUT2D eigenvalue weighted by Crippen LogP contribution is -2.13. The SMILES string of the molecule is CCOC(=O)c1cnc2c(OC)nccc2c1OS(C)(=O)=O. The number of esters is 1. The zero-order valence-corrected chi connectivity index (χ0v) is 13.0. The number of hydrogen-bond acceptors (Lipinski definition) is 8. The van der Waals surface area contributed by atoms with Crippen LogP contribution < -0.4 is 8.92 Å². The minimum absolute atomic E-state index is 0.0898. The first-order valence-electron chi connectivity index (χ1n) is 6.25. The lowest BCUT2D eigenvalue weighted by Gasteiger charge is -2.12. The number of aromatic nitrogens is 2. The summed E-state index contributed by atoms with van der Waals surface area (Å²) in [4.78, 5) is 20.0. The average Bonchev–Trinajstić information content (AvgIpc) is 2.45. The van der Waals surface area contributed by atoms with Crippen LogP contribution in [0.15, 0.2) is 18.5 Å². The minimum atomic E-state index is -3.86. The topological polar surface area (TPSA) is 105 Å². The van der Waals surface area contributed by atoms with Crippen molar-refractivity contribution >= 4 is 27.0 Å². The highest BCUT2D eigenvalue weighted by atomic mass is 32.2. The van der Waals surface area contributed by atoms with Crippen LogP contribution in [0.25, 0.3) is 10.9 Å². The number of fused-ring (bicyclic) bond motifs is 1. The number of carbonyl (C=O) groups excluding carboxylic acids is 1. The van der Waals surface area contributed by atoms with Gasteiger partial charge in [-0.3, -0.25) is 0 Å². The Morgan fingerprint density at radius 1 is 1.32 bits per heavy atom. The Morgan fingerprint density at radius 3 is 2.64 bits per heavy atom. The summed E-state index contributed by atoms with van der Waals surface area (Å²) in [6.45, 7) is 1.77. The fourth-order valence-corrected chi connectivity index (χ4v) is 2.30. The van der Waals surface area contributed by atoms with Crippen LogP contribution in [0.3, 0.4) is 0 Å². The van der Waals surface area contributed by atoms with E-state index in [2.05, 4.69) is 9.97 Å². The molecule has 0 saturated carbocycles. The minimum Gasteiger partial charge on any atom is -0.479 e. The van der Waals surface area contributed by atoms with Gasteiger partial charge in [-0.25, -0.2) is 14.8 Å². The van der Waals surface area contributed by atoms with E-state index in [0.29, 0.717) is 0 Å². The summed E-state index contributed by atoms with van der Waals surface area (Å²) in [6.07, 6.45) is 3.45. The van der Waals surface area contributed by atoms with Gasteiger partial charge in [-0.05, 0) is 13.0 Å². The molecule has 0 radical (unpaired) electrons. The van der Waals surface area contributed by atoms with Crippen molar-refractivity contribution < 1.29 is 26.9 Å². The molecule has 22 heavy (non-hydrogen) atoms. The summed E-state index contributed by atoms with van der Waals surface area (Å²) >= 11 is 0. The summed E-state index contributed by atoms with van der Waals surface area (Å²) in [6, 6.07) is 1.48. The number of hydrogen-bond donors (Lipinski definition) is 0. The van der Waals surface area contributed by atoms with Crippen molar-refractivity contribution in [2.24, 2.45) is 0 Å². The van der Waals surface area contributed by atoms with E-state index < -0.39 is 16.1 Å². The second-order valence-electron chi connectivity index (χ2n) is 4.23. The van der Waals surface area contributed by atoms with Crippen LogP contribution in [0.4, 0.5) is 0 Å². The number of ether oxygens (including phenoxy) is 2. The van der Waals surface area contributed by atoms with Crippen LogP contribution in [0.1, 0.15) is 17.3 Å². The van der Waals surface area contributed by atoms with Gasteiger partial charge in [-0.1, -0.05) is 0 Å². The molecule has 0 fully saturated rings.